The summed E-state index contributed by atoms with van der Waals surface area (Å²) in [6, 6.07) is 13.5. The summed E-state index contributed by atoms with van der Waals surface area (Å²) >= 11 is 3.40. The number of halogens is 1. The number of aryl methyl sites for hydroxylation is 1. The number of hydrogen-bond acceptors (Lipinski definition) is 3. The molecule has 0 aliphatic heterocycles. The Balaban J connectivity index is 2.19. The second-order valence-electron chi connectivity index (χ2n) is 4.98. The molecular formula is C16H18BrN3O. The van der Waals surface area contributed by atoms with Crippen molar-refractivity contribution >= 4 is 27.5 Å². The Morgan fingerprint density at radius 2 is 1.90 bits per heavy atom. The standard InChI is InChI=1S/C16H18BrN3O/c1-11-3-8-15(19-18)14(9-11)16(21)20(2)10-12-4-6-13(17)7-5-12/h3-9,19H,10,18H2,1-2H3. The van der Waals surface area contributed by atoms with Crippen molar-refractivity contribution in [2.24, 2.45) is 5.84 Å². The number of anilines is 1. The molecule has 0 radical (unpaired) electrons. The Morgan fingerprint density at radius 1 is 1.24 bits per heavy atom. The third-order valence-corrected chi connectivity index (χ3v) is 3.77. The van der Waals surface area contributed by atoms with Gasteiger partial charge >= 0.3 is 0 Å². The molecular weight excluding hydrogens is 330 g/mol. The molecule has 0 fully saturated rings. The largest absolute Gasteiger partial charge is 0.337 e. The number of nitrogens with zero attached hydrogens (tertiary/aromatic N) is 1. The van der Waals surface area contributed by atoms with Crippen molar-refractivity contribution in [3.8, 4) is 0 Å². The Bertz CT molecular complexity index is 640. The second kappa shape index (κ2) is 6.74. The van der Waals surface area contributed by atoms with E-state index in [2.05, 4.69) is 21.4 Å². The number of carbonyl (C=O) groups excluding carboxylic acids is 1. The van der Waals surface area contributed by atoms with E-state index < -0.39 is 0 Å². The molecule has 0 aromatic heterocycles. The van der Waals surface area contributed by atoms with E-state index in [-0.39, 0.29) is 5.91 Å². The van der Waals surface area contributed by atoms with E-state index in [0.717, 1.165) is 15.6 Å². The summed E-state index contributed by atoms with van der Waals surface area (Å²) < 4.78 is 1.02. The number of hydrogen-bond donors (Lipinski definition) is 2. The highest BCUT2D eigenvalue weighted by Gasteiger charge is 2.16. The van der Waals surface area contributed by atoms with E-state index in [1.54, 1.807) is 11.9 Å². The van der Waals surface area contributed by atoms with E-state index in [4.69, 9.17) is 5.84 Å². The molecule has 0 aliphatic rings. The minimum Gasteiger partial charge on any atom is -0.337 e. The number of nitrogen functional groups attached to an aromatic ring is 1. The minimum absolute atomic E-state index is 0.0606. The van der Waals surface area contributed by atoms with Crippen LogP contribution in [0.2, 0.25) is 0 Å². The minimum atomic E-state index is -0.0606. The highest BCUT2D eigenvalue weighted by Crippen LogP contribution is 2.19. The molecule has 0 bridgehead atoms. The van der Waals surface area contributed by atoms with Crippen LogP contribution in [0.15, 0.2) is 46.9 Å². The maximum Gasteiger partial charge on any atom is 0.256 e. The van der Waals surface area contributed by atoms with Gasteiger partial charge in [0.2, 0.25) is 0 Å². The van der Waals surface area contributed by atoms with Crippen molar-refractivity contribution in [2.75, 3.05) is 12.5 Å². The van der Waals surface area contributed by atoms with Gasteiger partial charge in [0, 0.05) is 18.1 Å². The topological polar surface area (TPSA) is 58.4 Å². The molecule has 21 heavy (non-hydrogen) atoms. The Kier molecular flexibility index (Phi) is 4.98. The first-order valence-electron chi connectivity index (χ1n) is 6.58. The first-order chi connectivity index (χ1) is 10.0. The molecule has 0 heterocycles. The maximum absolute atomic E-state index is 12.6. The van der Waals surface area contributed by atoms with E-state index in [1.807, 2.05) is 49.4 Å². The number of carbonyl (C=O) groups is 1. The van der Waals surface area contributed by atoms with Crippen LogP contribution in [0.3, 0.4) is 0 Å². The average Bonchev–Trinajstić information content (AvgIpc) is 2.48. The van der Waals surface area contributed by atoms with Gasteiger partial charge in [0.05, 0.1) is 11.3 Å². The van der Waals surface area contributed by atoms with Gasteiger partial charge in [0.1, 0.15) is 0 Å². The summed E-state index contributed by atoms with van der Waals surface area (Å²) in [4.78, 5) is 14.2. The molecule has 2 aromatic carbocycles. The number of nitrogens with two attached hydrogens (primary N) is 1. The summed E-state index contributed by atoms with van der Waals surface area (Å²) in [5.41, 5.74) is 5.89. The van der Waals surface area contributed by atoms with Gasteiger partial charge < -0.3 is 10.3 Å². The number of amides is 1. The summed E-state index contributed by atoms with van der Waals surface area (Å²) in [6.45, 7) is 2.50. The summed E-state index contributed by atoms with van der Waals surface area (Å²) in [5, 5.41) is 0. The van der Waals surface area contributed by atoms with Gasteiger partial charge in [0.15, 0.2) is 0 Å². The zero-order valence-electron chi connectivity index (χ0n) is 12.1. The molecule has 0 spiro atoms. The van der Waals surface area contributed by atoms with Crippen LogP contribution in [0.4, 0.5) is 5.69 Å². The zero-order valence-corrected chi connectivity index (χ0v) is 13.6. The second-order valence-corrected chi connectivity index (χ2v) is 5.90. The van der Waals surface area contributed by atoms with Crippen LogP contribution in [0.25, 0.3) is 0 Å². The Labute approximate surface area is 133 Å². The van der Waals surface area contributed by atoms with E-state index in [0.29, 0.717) is 17.8 Å². The normalized spacial score (nSPS) is 10.3. The quantitative estimate of drug-likeness (QED) is 0.658. The molecule has 0 unspecified atom stereocenters. The van der Waals surface area contributed by atoms with E-state index in [9.17, 15) is 4.79 Å². The predicted octanol–water partition coefficient (Wildman–Crippen LogP) is 3.32. The van der Waals surface area contributed by atoms with Crippen LogP contribution < -0.4 is 11.3 Å². The van der Waals surface area contributed by atoms with E-state index in [1.165, 1.54) is 0 Å². The summed E-state index contributed by atoms with van der Waals surface area (Å²) in [5.74, 6) is 5.42. The van der Waals surface area contributed by atoms with Gasteiger partial charge in [-0.2, -0.15) is 0 Å². The zero-order chi connectivity index (χ0) is 15.4. The highest BCUT2D eigenvalue weighted by molar-refractivity contribution is 9.10. The molecule has 0 aliphatic carbocycles. The van der Waals surface area contributed by atoms with Gasteiger partial charge in [-0.3, -0.25) is 10.6 Å². The molecule has 110 valence electrons. The number of hydrazine groups is 1. The number of rotatable bonds is 4. The number of benzene rings is 2. The molecule has 4 nitrogen and oxygen atoms in total. The van der Waals surface area contributed by atoms with Crippen LogP contribution >= 0.6 is 15.9 Å². The van der Waals surface area contributed by atoms with Crippen LogP contribution in [-0.2, 0) is 6.54 Å². The van der Waals surface area contributed by atoms with Gasteiger partial charge in [-0.1, -0.05) is 39.7 Å². The van der Waals surface area contributed by atoms with Crippen molar-refractivity contribution in [2.45, 2.75) is 13.5 Å². The lowest BCUT2D eigenvalue weighted by molar-refractivity contribution is 0.0786. The lowest BCUT2D eigenvalue weighted by Crippen LogP contribution is -2.27. The van der Waals surface area contributed by atoms with Crippen LogP contribution in [0, 0.1) is 6.92 Å². The summed E-state index contributed by atoms with van der Waals surface area (Å²) in [6.07, 6.45) is 0. The molecule has 0 saturated heterocycles. The Hall–Kier alpha value is -1.85. The fourth-order valence-corrected chi connectivity index (χ4v) is 2.37. The van der Waals surface area contributed by atoms with Crippen molar-refractivity contribution in [1.29, 1.82) is 0 Å². The number of nitrogens with one attached hydrogen (secondary N) is 1. The molecule has 1 amide bonds. The molecule has 0 saturated carbocycles. The average molecular weight is 348 g/mol. The van der Waals surface area contributed by atoms with Gasteiger partial charge in [0.25, 0.3) is 5.91 Å². The van der Waals surface area contributed by atoms with Gasteiger partial charge in [-0.15, -0.1) is 0 Å². The van der Waals surface area contributed by atoms with Crippen molar-refractivity contribution < 1.29 is 4.79 Å². The van der Waals surface area contributed by atoms with Crippen LogP contribution in [-0.4, -0.2) is 17.9 Å². The third-order valence-electron chi connectivity index (χ3n) is 3.24. The fraction of sp³-hybridized carbons (Fsp3) is 0.188. The van der Waals surface area contributed by atoms with Gasteiger partial charge in [-0.05, 0) is 36.8 Å². The highest BCUT2D eigenvalue weighted by atomic mass is 79.9. The first-order valence-corrected chi connectivity index (χ1v) is 7.37. The molecule has 3 N–H and O–H groups in total. The first kappa shape index (κ1) is 15.5. The van der Waals surface area contributed by atoms with Gasteiger partial charge in [-0.25, -0.2) is 0 Å². The SMILES string of the molecule is Cc1ccc(NN)c(C(=O)N(C)Cc2ccc(Br)cc2)c1. The predicted molar refractivity (Wildman–Crippen MR) is 88.9 cm³/mol. The van der Waals surface area contributed by atoms with Crippen LogP contribution in [0.1, 0.15) is 21.5 Å². The van der Waals surface area contributed by atoms with Crippen molar-refractivity contribution in [1.82, 2.24) is 4.90 Å². The third kappa shape index (κ3) is 3.83. The molecule has 2 aromatic rings. The fourth-order valence-electron chi connectivity index (χ4n) is 2.10. The molecule has 0 atom stereocenters. The Morgan fingerprint density at radius 3 is 2.52 bits per heavy atom. The van der Waals surface area contributed by atoms with Crippen molar-refractivity contribution in [3.63, 3.8) is 0 Å². The van der Waals surface area contributed by atoms with Crippen molar-refractivity contribution in [3.05, 3.63) is 63.6 Å². The monoisotopic (exact) mass is 347 g/mol. The molecule has 2 rings (SSSR count). The summed E-state index contributed by atoms with van der Waals surface area (Å²) in [7, 11) is 1.78. The smallest absolute Gasteiger partial charge is 0.256 e. The van der Waals surface area contributed by atoms with Crippen LogP contribution in [0.5, 0.6) is 0 Å². The van der Waals surface area contributed by atoms with E-state index >= 15 is 0 Å². The lowest BCUT2D eigenvalue weighted by Gasteiger charge is -2.19. The molecule has 5 heteroatoms. The lowest BCUT2D eigenvalue weighted by atomic mass is 10.1. The maximum atomic E-state index is 12.6.